The molecule has 1 heterocycles. The molecule has 1 aliphatic rings. The number of unbranched alkanes of at least 4 members (excludes halogenated alkanes) is 1. The van der Waals surface area contributed by atoms with Crippen LogP contribution in [0.15, 0.2) is 0 Å². The average Bonchev–Trinajstić information content (AvgIpc) is 2.45. The highest BCUT2D eigenvalue weighted by Gasteiger charge is 2.21. The Bertz CT molecular complexity index is 404. The summed E-state index contributed by atoms with van der Waals surface area (Å²) in [7, 11) is -2.99. The third-order valence-electron chi connectivity index (χ3n) is 2.94. The minimum Gasteiger partial charge on any atom is -0.481 e. The summed E-state index contributed by atoms with van der Waals surface area (Å²) in [6, 6.07) is 0. The van der Waals surface area contributed by atoms with E-state index in [9.17, 15) is 18.0 Å². The Morgan fingerprint density at radius 3 is 2.39 bits per heavy atom. The van der Waals surface area contributed by atoms with Crippen molar-refractivity contribution in [2.24, 2.45) is 0 Å². The summed E-state index contributed by atoms with van der Waals surface area (Å²) in [5.41, 5.74) is 0. The number of carboxylic acids is 1. The van der Waals surface area contributed by atoms with Crippen molar-refractivity contribution in [3.63, 3.8) is 0 Å². The highest BCUT2D eigenvalue weighted by molar-refractivity contribution is 7.91. The maximum atomic E-state index is 11.8. The smallest absolute Gasteiger partial charge is 0.303 e. The van der Waals surface area contributed by atoms with Crippen LogP contribution in [0.1, 0.15) is 32.1 Å². The van der Waals surface area contributed by atoms with Crippen molar-refractivity contribution < 1.29 is 23.1 Å². The molecule has 1 saturated heterocycles. The van der Waals surface area contributed by atoms with Gasteiger partial charge in [0.25, 0.3) is 0 Å². The fraction of sp³-hybridized carbons (Fsp3) is 0.818. The van der Waals surface area contributed by atoms with Gasteiger partial charge in [0.15, 0.2) is 9.84 Å². The Morgan fingerprint density at radius 1 is 1.06 bits per heavy atom. The zero-order valence-electron chi connectivity index (χ0n) is 10.3. The van der Waals surface area contributed by atoms with Gasteiger partial charge in [0.05, 0.1) is 11.5 Å². The molecule has 0 bridgehead atoms. The number of carboxylic acid groups (broad SMARTS) is 1. The summed E-state index contributed by atoms with van der Waals surface area (Å²) in [5, 5.41) is 8.46. The molecule has 6 nitrogen and oxygen atoms in total. The molecule has 1 amide bonds. The number of hydrogen-bond donors (Lipinski definition) is 1. The van der Waals surface area contributed by atoms with Crippen molar-refractivity contribution in [1.29, 1.82) is 0 Å². The van der Waals surface area contributed by atoms with Gasteiger partial charge in [-0.3, -0.25) is 9.59 Å². The topological polar surface area (TPSA) is 91.8 Å². The third kappa shape index (κ3) is 5.48. The molecule has 1 aliphatic heterocycles. The van der Waals surface area contributed by atoms with Crippen LogP contribution in [0.5, 0.6) is 0 Å². The minimum atomic E-state index is -2.99. The molecule has 0 saturated carbocycles. The van der Waals surface area contributed by atoms with Gasteiger partial charge in [-0.05, 0) is 19.3 Å². The standard InChI is InChI=1S/C11H19NO5S/c13-10(4-1-2-5-11(14)15)12-6-3-8-18(16,17)9-7-12/h1-9H2,(H,14,15). The number of nitrogens with zero attached hydrogens (tertiary/aromatic N) is 1. The Kier molecular flexibility index (Phi) is 5.58. The van der Waals surface area contributed by atoms with Crippen LogP contribution in [0.2, 0.25) is 0 Å². The van der Waals surface area contributed by atoms with Crippen molar-refractivity contribution >= 4 is 21.7 Å². The Hall–Kier alpha value is -1.11. The molecule has 0 spiro atoms. The highest BCUT2D eigenvalue weighted by atomic mass is 32.2. The molecule has 0 atom stereocenters. The lowest BCUT2D eigenvalue weighted by atomic mass is 10.2. The zero-order valence-corrected chi connectivity index (χ0v) is 11.1. The molecule has 0 aromatic rings. The Balaban J connectivity index is 2.31. The van der Waals surface area contributed by atoms with Crippen LogP contribution < -0.4 is 0 Å². The summed E-state index contributed by atoms with van der Waals surface area (Å²) in [6.45, 7) is 0.747. The number of carbonyl (C=O) groups excluding carboxylic acids is 1. The monoisotopic (exact) mass is 277 g/mol. The van der Waals surface area contributed by atoms with Crippen molar-refractivity contribution in [3.05, 3.63) is 0 Å². The lowest BCUT2D eigenvalue weighted by Crippen LogP contribution is -2.33. The average molecular weight is 277 g/mol. The van der Waals surface area contributed by atoms with Gasteiger partial charge in [-0.15, -0.1) is 0 Å². The molecule has 0 radical (unpaired) electrons. The predicted octanol–water partition coefficient (Wildman–Crippen LogP) is 0.279. The second-order valence-electron chi connectivity index (χ2n) is 4.49. The molecule has 0 unspecified atom stereocenters. The second kappa shape index (κ2) is 6.72. The summed E-state index contributed by atoms with van der Waals surface area (Å²) in [4.78, 5) is 23.7. The van der Waals surface area contributed by atoms with Gasteiger partial charge >= 0.3 is 5.97 Å². The first kappa shape index (κ1) is 14.9. The van der Waals surface area contributed by atoms with Crippen molar-refractivity contribution in [2.45, 2.75) is 32.1 Å². The third-order valence-corrected chi connectivity index (χ3v) is 4.65. The maximum Gasteiger partial charge on any atom is 0.303 e. The van der Waals surface area contributed by atoms with Crippen molar-refractivity contribution in [2.75, 3.05) is 24.6 Å². The number of sulfone groups is 1. The molecule has 0 aromatic heterocycles. The van der Waals surface area contributed by atoms with Crippen LogP contribution in [0, 0.1) is 0 Å². The van der Waals surface area contributed by atoms with E-state index in [1.807, 2.05) is 0 Å². The van der Waals surface area contributed by atoms with E-state index in [0.29, 0.717) is 32.2 Å². The largest absolute Gasteiger partial charge is 0.481 e. The first-order valence-electron chi connectivity index (χ1n) is 6.11. The Morgan fingerprint density at radius 2 is 1.72 bits per heavy atom. The first-order valence-corrected chi connectivity index (χ1v) is 7.93. The molecule has 1 fully saturated rings. The SMILES string of the molecule is O=C(O)CCCCC(=O)N1CCCS(=O)(=O)CC1. The summed E-state index contributed by atoms with van der Waals surface area (Å²) >= 11 is 0. The molecular formula is C11H19NO5S. The normalized spacial score (nSPS) is 19.2. The van der Waals surface area contributed by atoms with Crippen LogP contribution in [-0.2, 0) is 19.4 Å². The zero-order chi connectivity index (χ0) is 13.6. The molecule has 7 heteroatoms. The quantitative estimate of drug-likeness (QED) is 0.729. The van der Waals surface area contributed by atoms with E-state index in [0.717, 1.165) is 0 Å². The predicted molar refractivity (Wildman–Crippen MR) is 66.0 cm³/mol. The fourth-order valence-corrected chi connectivity index (χ4v) is 3.17. The van der Waals surface area contributed by atoms with Gasteiger partial charge in [0, 0.05) is 25.9 Å². The number of aliphatic carboxylic acids is 1. The van der Waals surface area contributed by atoms with Crippen LogP contribution in [0.25, 0.3) is 0 Å². The summed E-state index contributed by atoms with van der Waals surface area (Å²) in [6.07, 6.45) is 1.87. The van der Waals surface area contributed by atoms with Gasteiger partial charge in [0.2, 0.25) is 5.91 Å². The van der Waals surface area contributed by atoms with E-state index >= 15 is 0 Å². The van der Waals surface area contributed by atoms with E-state index in [4.69, 9.17) is 5.11 Å². The van der Waals surface area contributed by atoms with E-state index in [1.165, 1.54) is 0 Å². The number of rotatable bonds is 5. The van der Waals surface area contributed by atoms with Crippen LogP contribution >= 0.6 is 0 Å². The molecule has 18 heavy (non-hydrogen) atoms. The number of carbonyl (C=O) groups is 2. The molecule has 0 aromatic carbocycles. The molecular weight excluding hydrogens is 258 g/mol. The van der Waals surface area contributed by atoms with Crippen molar-refractivity contribution in [3.8, 4) is 0 Å². The number of hydrogen-bond acceptors (Lipinski definition) is 4. The van der Waals surface area contributed by atoms with Crippen LogP contribution in [0.3, 0.4) is 0 Å². The van der Waals surface area contributed by atoms with Gasteiger partial charge < -0.3 is 10.0 Å². The van der Waals surface area contributed by atoms with Gasteiger partial charge in [0.1, 0.15) is 0 Å². The van der Waals surface area contributed by atoms with E-state index < -0.39 is 15.8 Å². The van der Waals surface area contributed by atoms with E-state index in [2.05, 4.69) is 0 Å². The summed E-state index contributed by atoms with van der Waals surface area (Å²) in [5.74, 6) is -0.746. The summed E-state index contributed by atoms with van der Waals surface area (Å²) < 4.78 is 22.7. The molecule has 1 rings (SSSR count). The van der Waals surface area contributed by atoms with Crippen LogP contribution in [0.4, 0.5) is 0 Å². The number of amides is 1. The lowest BCUT2D eigenvalue weighted by molar-refractivity contribution is -0.137. The lowest BCUT2D eigenvalue weighted by Gasteiger charge is -2.19. The maximum absolute atomic E-state index is 11.8. The van der Waals surface area contributed by atoms with Crippen LogP contribution in [-0.4, -0.2) is 54.9 Å². The minimum absolute atomic E-state index is 0.0356. The van der Waals surface area contributed by atoms with E-state index in [-0.39, 0.29) is 30.4 Å². The Labute approximate surface area is 107 Å². The van der Waals surface area contributed by atoms with Gasteiger partial charge in [-0.2, -0.15) is 0 Å². The first-order chi connectivity index (χ1) is 8.41. The molecule has 1 N–H and O–H groups in total. The van der Waals surface area contributed by atoms with Crippen molar-refractivity contribution in [1.82, 2.24) is 4.90 Å². The van der Waals surface area contributed by atoms with E-state index in [1.54, 1.807) is 4.90 Å². The van der Waals surface area contributed by atoms with Gasteiger partial charge in [-0.25, -0.2) is 8.42 Å². The van der Waals surface area contributed by atoms with Gasteiger partial charge in [-0.1, -0.05) is 0 Å². The second-order valence-corrected chi connectivity index (χ2v) is 6.79. The molecule has 0 aliphatic carbocycles. The highest BCUT2D eigenvalue weighted by Crippen LogP contribution is 2.09. The fourth-order valence-electron chi connectivity index (χ4n) is 1.90. The molecule has 104 valence electrons.